The molecule has 0 atom stereocenters. The van der Waals surface area contributed by atoms with Gasteiger partial charge in [0, 0.05) is 10.6 Å². The Hall–Kier alpha value is -0.150. The molecule has 0 amide bonds. The van der Waals surface area contributed by atoms with E-state index in [1.54, 1.807) is 17.8 Å². The largest absolute Gasteiger partial charge is 0.207 e. The van der Waals surface area contributed by atoms with Gasteiger partial charge in [0.05, 0.1) is 0 Å². The van der Waals surface area contributed by atoms with Crippen LogP contribution in [0.3, 0.4) is 0 Å². The maximum absolute atomic E-state index is 12.6. The molecule has 3 heteroatoms. The lowest BCUT2D eigenvalue weighted by Crippen LogP contribution is -1.84. The summed E-state index contributed by atoms with van der Waals surface area (Å²) in [6.45, 7) is 0. The Bertz CT molecular complexity index is 248. The molecule has 0 fully saturated rings. The van der Waals surface area contributed by atoms with Gasteiger partial charge in [0.2, 0.25) is 0 Å². The number of thioether (sulfide) groups is 1. The Kier molecular flexibility index (Phi) is 3.27. The molecule has 60 valence electrons. The summed E-state index contributed by atoms with van der Waals surface area (Å²) in [4.78, 5) is 0.862. The quantitative estimate of drug-likeness (QED) is 0.696. The monoisotopic (exact) mass is 188 g/mol. The lowest BCUT2D eigenvalue weighted by Gasteiger charge is -2.01. The molecule has 0 aliphatic heterocycles. The van der Waals surface area contributed by atoms with E-state index in [-0.39, 0.29) is 5.82 Å². The number of hydrogen-bond acceptors (Lipinski definition) is 2. The second-order valence-electron chi connectivity index (χ2n) is 2.21. The van der Waals surface area contributed by atoms with Gasteiger partial charge in [0.25, 0.3) is 0 Å². The van der Waals surface area contributed by atoms with E-state index < -0.39 is 0 Å². The highest BCUT2D eigenvalue weighted by Gasteiger charge is 1.98. The average molecular weight is 188 g/mol. The molecule has 0 bridgehead atoms. The molecular weight excluding hydrogens is 179 g/mol. The van der Waals surface area contributed by atoms with Crippen molar-refractivity contribution in [1.29, 1.82) is 0 Å². The third kappa shape index (κ3) is 2.42. The van der Waals surface area contributed by atoms with Crippen LogP contribution in [0.15, 0.2) is 23.1 Å². The molecule has 0 nitrogen and oxygen atoms in total. The van der Waals surface area contributed by atoms with E-state index in [1.165, 1.54) is 12.1 Å². The van der Waals surface area contributed by atoms with Crippen molar-refractivity contribution in [2.24, 2.45) is 0 Å². The third-order valence-corrected chi connectivity index (χ3v) is 2.38. The van der Waals surface area contributed by atoms with Crippen molar-refractivity contribution in [3.05, 3.63) is 29.6 Å². The summed E-state index contributed by atoms with van der Waals surface area (Å²) in [6, 6.07) is 4.63. The van der Waals surface area contributed by atoms with Gasteiger partial charge in [-0.15, -0.1) is 12.6 Å². The standard InChI is InChI=1S/C8H9FS2/c1-11-5-6-4-7(9)2-3-8(6)10/h2-4,10H,5H2,1H3. The van der Waals surface area contributed by atoms with Gasteiger partial charge in [-0.25, -0.2) is 4.39 Å². The van der Waals surface area contributed by atoms with Crippen LogP contribution < -0.4 is 0 Å². The van der Waals surface area contributed by atoms with E-state index in [2.05, 4.69) is 12.6 Å². The summed E-state index contributed by atoms with van der Waals surface area (Å²) in [6.07, 6.45) is 1.98. The summed E-state index contributed by atoms with van der Waals surface area (Å²) < 4.78 is 12.6. The first kappa shape index (κ1) is 8.94. The zero-order chi connectivity index (χ0) is 8.27. The van der Waals surface area contributed by atoms with Crippen LogP contribution >= 0.6 is 24.4 Å². The first-order valence-corrected chi connectivity index (χ1v) is 5.04. The first-order valence-electron chi connectivity index (χ1n) is 3.20. The molecule has 1 aromatic carbocycles. The normalized spacial score (nSPS) is 10.1. The van der Waals surface area contributed by atoms with E-state index in [4.69, 9.17) is 0 Å². The maximum Gasteiger partial charge on any atom is 0.123 e. The summed E-state index contributed by atoms with van der Waals surface area (Å²) >= 11 is 5.86. The Morgan fingerprint density at radius 2 is 2.27 bits per heavy atom. The molecule has 0 spiro atoms. The van der Waals surface area contributed by atoms with Crippen molar-refractivity contribution in [2.45, 2.75) is 10.6 Å². The van der Waals surface area contributed by atoms with E-state index in [0.717, 1.165) is 16.2 Å². The van der Waals surface area contributed by atoms with Crippen molar-refractivity contribution in [2.75, 3.05) is 6.26 Å². The lowest BCUT2D eigenvalue weighted by atomic mass is 10.2. The molecule has 0 aliphatic rings. The van der Waals surface area contributed by atoms with Crippen LogP contribution in [0.2, 0.25) is 0 Å². The summed E-state index contributed by atoms with van der Waals surface area (Å²) in [5, 5.41) is 0. The number of benzene rings is 1. The second kappa shape index (κ2) is 4.02. The van der Waals surface area contributed by atoms with E-state index in [9.17, 15) is 4.39 Å². The highest BCUT2D eigenvalue weighted by molar-refractivity contribution is 7.97. The van der Waals surface area contributed by atoms with Crippen LogP contribution in [0.25, 0.3) is 0 Å². The minimum Gasteiger partial charge on any atom is -0.207 e. The van der Waals surface area contributed by atoms with Gasteiger partial charge in [-0.05, 0) is 30.0 Å². The molecule has 1 aromatic rings. The topological polar surface area (TPSA) is 0 Å². The maximum atomic E-state index is 12.6. The predicted octanol–water partition coefficient (Wildman–Crippen LogP) is 2.98. The van der Waals surface area contributed by atoms with Crippen molar-refractivity contribution in [1.82, 2.24) is 0 Å². The van der Waals surface area contributed by atoms with Gasteiger partial charge in [-0.2, -0.15) is 11.8 Å². The number of rotatable bonds is 2. The molecule has 1 rings (SSSR count). The molecule has 0 saturated heterocycles. The van der Waals surface area contributed by atoms with E-state index in [1.807, 2.05) is 6.26 Å². The fourth-order valence-corrected chi connectivity index (χ4v) is 1.70. The molecule has 0 aliphatic carbocycles. The van der Waals surface area contributed by atoms with Crippen LogP contribution in [-0.2, 0) is 5.75 Å². The lowest BCUT2D eigenvalue weighted by molar-refractivity contribution is 0.625. The minimum absolute atomic E-state index is 0.188. The minimum atomic E-state index is -0.188. The Labute approximate surface area is 75.6 Å². The molecule has 0 aromatic heterocycles. The SMILES string of the molecule is CSCc1cc(F)ccc1S. The number of hydrogen-bond donors (Lipinski definition) is 1. The predicted molar refractivity (Wildman–Crippen MR) is 50.9 cm³/mol. The van der Waals surface area contributed by atoms with Crippen molar-refractivity contribution in [3.8, 4) is 0 Å². The van der Waals surface area contributed by atoms with Crippen molar-refractivity contribution >= 4 is 24.4 Å². The van der Waals surface area contributed by atoms with E-state index in [0.29, 0.717) is 0 Å². The van der Waals surface area contributed by atoms with Gasteiger partial charge in [0.15, 0.2) is 0 Å². The van der Waals surface area contributed by atoms with Crippen molar-refractivity contribution < 1.29 is 4.39 Å². The van der Waals surface area contributed by atoms with Crippen LogP contribution in [0.1, 0.15) is 5.56 Å². The fourth-order valence-electron chi connectivity index (χ4n) is 0.825. The molecular formula is C8H9FS2. The molecule has 0 unspecified atom stereocenters. The molecule has 0 radical (unpaired) electrons. The number of halogens is 1. The smallest absolute Gasteiger partial charge is 0.123 e. The van der Waals surface area contributed by atoms with Crippen LogP contribution in [0.4, 0.5) is 4.39 Å². The molecule has 0 N–H and O–H groups in total. The highest BCUT2D eigenvalue weighted by Crippen LogP contribution is 2.19. The molecule has 11 heavy (non-hydrogen) atoms. The fraction of sp³-hybridized carbons (Fsp3) is 0.250. The van der Waals surface area contributed by atoms with E-state index >= 15 is 0 Å². The van der Waals surface area contributed by atoms with Crippen molar-refractivity contribution in [3.63, 3.8) is 0 Å². The van der Waals surface area contributed by atoms with Gasteiger partial charge in [0.1, 0.15) is 5.82 Å². The summed E-state index contributed by atoms with van der Waals surface area (Å²) in [5.74, 6) is 0.628. The zero-order valence-corrected chi connectivity index (χ0v) is 7.88. The second-order valence-corrected chi connectivity index (χ2v) is 3.55. The van der Waals surface area contributed by atoms with Gasteiger partial charge in [-0.3, -0.25) is 0 Å². The molecule has 0 heterocycles. The first-order chi connectivity index (χ1) is 5.24. The summed E-state index contributed by atoms with van der Waals surface area (Å²) in [5.41, 5.74) is 0.959. The van der Waals surface area contributed by atoms with Gasteiger partial charge in [-0.1, -0.05) is 0 Å². The van der Waals surface area contributed by atoms with Crippen LogP contribution in [0, 0.1) is 5.82 Å². The zero-order valence-electron chi connectivity index (χ0n) is 6.17. The van der Waals surface area contributed by atoms with Crippen LogP contribution in [0.5, 0.6) is 0 Å². The summed E-state index contributed by atoms with van der Waals surface area (Å²) in [7, 11) is 0. The molecule has 0 saturated carbocycles. The Morgan fingerprint density at radius 3 is 2.91 bits per heavy atom. The Balaban J connectivity index is 2.93. The third-order valence-electron chi connectivity index (χ3n) is 1.34. The van der Waals surface area contributed by atoms with Gasteiger partial charge >= 0.3 is 0 Å². The average Bonchev–Trinajstić information content (AvgIpc) is 1.98. The Morgan fingerprint density at radius 1 is 1.55 bits per heavy atom. The number of thiol groups is 1. The van der Waals surface area contributed by atoms with Crippen LogP contribution in [-0.4, -0.2) is 6.26 Å². The van der Waals surface area contributed by atoms with Gasteiger partial charge < -0.3 is 0 Å². The highest BCUT2D eigenvalue weighted by atomic mass is 32.2.